The fourth-order valence-corrected chi connectivity index (χ4v) is 2.61. The fraction of sp³-hybridized carbons (Fsp3) is 0.176. The van der Waals surface area contributed by atoms with Crippen molar-refractivity contribution in [2.75, 3.05) is 6.61 Å². The number of aliphatic hydroxyl groups excluding tert-OH is 1. The van der Waals surface area contributed by atoms with E-state index in [0.717, 1.165) is 5.39 Å². The number of para-hydroxylation sites is 1. The Balaban J connectivity index is 1.99. The number of H-pyrrole nitrogens is 1. The van der Waals surface area contributed by atoms with Gasteiger partial charge in [-0.15, -0.1) is 0 Å². The number of aryl methyl sites for hydroxylation is 1. The number of hydrogen-bond donors (Lipinski definition) is 3. The number of carbonyl (C=O) groups excluding carboxylic acids is 1. The lowest BCUT2D eigenvalue weighted by Crippen LogP contribution is -2.35. The van der Waals surface area contributed by atoms with Gasteiger partial charge in [0.1, 0.15) is 17.4 Å². The molecule has 6 heteroatoms. The number of aromatic nitrogens is 1. The van der Waals surface area contributed by atoms with E-state index in [0.29, 0.717) is 16.8 Å². The topological polar surface area (TPSA) is 95.3 Å². The summed E-state index contributed by atoms with van der Waals surface area (Å²) in [4.78, 5) is 27.5. The van der Waals surface area contributed by atoms with Gasteiger partial charge >= 0.3 is 0 Å². The molecule has 3 N–H and O–H groups in total. The maximum atomic E-state index is 12.5. The van der Waals surface area contributed by atoms with Crippen LogP contribution in [0.2, 0.25) is 0 Å². The molecule has 2 aromatic heterocycles. The Hall–Kier alpha value is -2.86. The predicted molar refractivity (Wildman–Crippen MR) is 85.3 cm³/mol. The monoisotopic (exact) mass is 312 g/mol. The Kier molecular flexibility index (Phi) is 3.99. The molecule has 1 amide bonds. The smallest absolute Gasteiger partial charge is 0.261 e. The van der Waals surface area contributed by atoms with Gasteiger partial charge < -0.3 is 19.8 Å². The van der Waals surface area contributed by atoms with Gasteiger partial charge in [0.15, 0.2) is 0 Å². The molecule has 0 radical (unpaired) electrons. The first-order valence-electron chi connectivity index (χ1n) is 7.18. The molecule has 6 nitrogen and oxygen atoms in total. The van der Waals surface area contributed by atoms with E-state index in [9.17, 15) is 14.7 Å². The highest BCUT2D eigenvalue weighted by atomic mass is 16.3. The van der Waals surface area contributed by atoms with Gasteiger partial charge in [0, 0.05) is 10.9 Å². The molecule has 0 saturated carbocycles. The van der Waals surface area contributed by atoms with Crippen LogP contribution < -0.4 is 10.9 Å². The molecule has 0 saturated heterocycles. The van der Waals surface area contributed by atoms with E-state index >= 15 is 0 Å². The van der Waals surface area contributed by atoms with E-state index in [-0.39, 0.29) is 12.2 Å². The molecule has 0 aliphatic carbocycles. The lowest BCUT2D eigenvalue weighted by molar-refractivity contribution is 0.0905. The number of aromatic amines is 1. The number of hydrogen-bond acceptors (Lipinski definition) is 4. The Morgan fingerprint density at radius 1 is 1.30 bits per heavy atom. The van der Waals surface area contributed by atoms with Crippen LogP contribution in [-0.4, -0.2) is 22.6 Å². The number of furan rings is 1. The highest BCUT2D eigenvalue weighted by molar-refractivity contribution is 6.00. The predicted octanol–water partition coefficient (Wildman–Crippen LogP) is 1.89. The molecule has 0 aliphatic heterocycles. The van der Waals surface area contributed by atoms with Crippen LogP contribution in [0.3, 0.4) is 0 Å². The van der Waals surface area contributed by atoms with Crippen LogP contribution in [0.1, 0.15) is 27.7 Å². The Labute approximate surface area is 131 Å². The molecule has 2 heterocycles. The summed E-state index contributed by atoms with van der Waals surface area (Å²) in [6.07, 6.45) is 1.46. The number of nitrogens with one attached hydrogen (secondary N) is 2. The van der Waals surface area contributed by atoms with Crippen LogP contribution in [0, 0.1) is 6.92 Å². The van der Waals surface area contributed by atoms with E-state index in [1.807, 2.05) is 18.2 Å². The molecular weight excluding hydrogens is 296 g/mol. The van der Waals surface area contributed by atoms with E-state index in [1.165, 1.54) is 6.26 Å². The molecule has 118 valence electrons. The molecule has 0 fully saturated rings. The van der Waals surface area contributed by atoms with E-state index in [2.05, 4.69) is 10.3 Å². The fourth-order valence-electron chi connectivity index (χ4n) is 2.61. The van der Waals surface area contributed by atoms with Crippen LogP contribution >= 0.6 is 0 Å². The molecule has 0 bridgehead atoms. The minimum atomic E-state index is -0.706. The molecular formula is C17H16N2O4. The lowest BCUT2D eigenvalue weighted by Gasteiger charge is -2.15. The second-order valence-corrected chi connectivity index (χ2v) is 5.22. The summed E-state index contributed by atoms with van der Waals surface area (Å²) in [5.41, 5.74) is 0.845. The Bertz CT molecular complexity index is 897. The van der Waals surface area contributed by atoms with Crippen molar-refractivity contribution in [2.45, 2.75) is 13.0 Å². The van der Waals surface area contributed by atoms with E-state index in [4.69, 9.17) is 4.42 Å². The van der Waals surface area contributed by atoms with Crippen molar-refractivity contribution >= 4 is 16.8 Å². The van der Waals surface area contributed by atoms with Crippen molar-refractivity contribution in [1.82, 2.24) is 10.3 Å². The van der Waals surface area contributed by atoms with E-state index in [1.54, 1.807) is 25.1 Å². The number of aliphatic hydroxyl groups is 1. The molecule has 0 spiro atoms. The minimum Gasteiger partial charge on any atom is -0.467 e. The molecule has 1 unspecified atom stereocenters. The zero-order valence-electron chi connectivity index (χ0n) is 12.5. The number of benzene rings is 1. The van der Waals surface area contributed by atoms with Gasteiger partial charge in [0.2, 0.25) is 0 Å². The SMILES string of the molecule is Cc1c(C(=O)NC(CO)c2ccco2)c(=O)[nH]c2ccccc12. The third kappa shape index (κ3) is 2.76. The highest BCUT2D eigenvalue weighted by Gasteiger charge is 2.21. The standard InChI is InChI=1S/C17H16N2O4/c1-10-11-5-2-3-6-12(11)18-16(21)15(10)17(22)19-13(9-20)14-7-4-8-23-14/h2-8,13,20H,9H2,1H3,(H,18,21)(H,19,22). The molecule has 0 aliphatic rings. The summed E-state index contributed by atoms with van der Waals surface area (Å²) < 4.78 is 5.19. The molecule has 23 heavy (non-hydrogen) atoms. The average Bonchev–Trinajstić information content (AvgIpc) is 3.07. The van der Waals surface area contributed by atoms with Crippen LogP contribution in [0.5, 0.6) is 0 Å². The summed E-state index contributed by atoms with van der Waals surface area (Å²) in [5, 5.41) is 12.9. The van der Waals surface area contributed by atoms with Gasteiger partial charge in [0.05, 0.1) is 12.9 Å². The second-order valence-electron chi connectivity index (χ2n) is 5.22. The third-order valence-corrected chi connectivity index (χ3v) is 3.78. The number of amides is 1. The van der Waals surface area contributed by atoms with Crippen molar-refractivity contribution in [3.05, 3.63) is 69.9 Å². The van der Waals surface area contributed by atoms with Gasteiger partial charge in [0.25, 0.3) is 11.5 Å². The van der Waals surface area contributed by atoms with Crippen molar-refractivity contribution in [1.29, 1.82) is 0 Å². The van der Waals surface area contributed by atoms with Crippen LogP contribution in [0.15, 0.2) is 51.9 Å². The van der Waals surface area contributed by atoms with Crippen molar-refractivity contribution < 1.29 is 14.3 Å². The largest absolute Gasteiger partial charge is 0.467 e. The van der Waals surface area contributed by atoms with E-state index < -0.39 is 17.5 Å². The molecule has 3 aromatic rings. The molecule has 3 rings (SSSR count). The zero-order chi connectivity index (χ0) is 16.4. The lowest BCUT2D eigenvalue weighted by atomic mass is 10.0. The van der Waals surface area contributed by atoms with Crippen LogP contribution in [-0.2, 0) is 0 Å². The van der Waals surface area contributed by atoms with Gasteiger partial charge in [-0.25, -0.2) is 0 Å². The van der Waals surface area contributed by atoms with Crippen molar-refractivity contribution in [3.63, 3.8) is 0 Å². The Morgan fingerprint density at radius 2 is 2.09 bits per heavy atom. The quantitative estimate of drug-likeness (QED) is 0.685. The zero-order valence-corrected chi connectivity index (χ0v) is 12.5. The number of fused-ring (bicyclic) bond motifs is 1. The average molecular weight is 312 g/mol. The molecule has 1 atom stereocenters. The summed E-state index contributed by atoms with van der Waals surface area (Å²) in [6.45, 7) is 1.40. The first-order valence-corrected chi connectivity index (χ1v) is 7.18. The first-order chi connectivity index (χ1) is 11.1. The first kappa shape index (κ1) is 15.1. The van der Waals surface area contributed by atoms with Crippen molar-refractivity contribution in [3.8, 4) is 0 Å². The maximum Gasteiger partial charge on any atom is 0.261 e. The minimum absolute atomic E-state index is 0.0358. The second kappa shape index (κ2) is 6.10. The van der Waals surface area contributed by atoms with Crippen LogP contribution in [0.4, 0.5) is 0 Å². The highest BCUT2D eigenvalue weighted by Crippen LogP contribution is 2.18. The van der Waals surface area contributed by atoms with Crippen LogP contribution in [0.25, 0.3) is 10.9 Å². The summed E-state index contributed by atoms with van der Waals surface area (Å²) in [5.74, 6) is -0.124. The number of carbonyl (C=O) groups is 1. The summed E-state index contributed by atoms with van der Waals surface area (Å²) in [7, 11) is 0. The summed E-state index contributed by atoms with van der Waals surface area (Å²) >= 11 is 0. The Morgan fingerprint density at radius 3 is 2.78 bits per heavy atom. The van der Waals surface area contributed by atoms with Crippen molar-refractivity contribution in [2.24, 2.45) is 0 Å². The third-order valence-electron chi connectivity index (χ3n) is 3.78. The molecule has 1 aromatic carbocycles. The van der Waals surface area contributed by atoms with Gasteiger partial charge in [-0.1, -0.05) is 18.2 Å². The van der Waals surface area contributed by atoms with Gasteiger partial charge in [-0.2, -0.15) is 0 Å². The normalized spacial score (nSPS) is 12.3. The maximum absolute atomic E-state index is 12.5. The summed E-state index contributed by atoms with van der Waals surface area (Å²) in [6, 6.07) is 9.89. The number of pyridine rings is 1. The van der Waals surface area contributed by atoms with Gasteiger partial charge in [-0.3, -0.25) is 9.59 Å². The van der Waals surface area contributed by atoms with Gasteiger partial charge in [-0.05, 0) is 30.7 Å². The number of rotatable bonds is 4.